The van der Waals surface area contributed by atoms with Gasteiger partial charge in [0.25, 0.3) is 0 Å². The molecule has 7 heteroatoms. The zero-order valence-corrected chi connectivity index (χ0v) is 23.6. The van der Waals surface area contributed by atoms with Crippen LogP contribution in [0.1, 0.15) is 61.6 Å². The van der Waals surface area contributed by atoms with Crippen molar-refractivity contribution < 1.29 is 4.21 Å². The monoisotopic (exact) mass is 506 g/mol. The van der Waals surface area contributed by atoms with E-state index in [1.807, 2.05) is 0 Å². The molecule has 0 amide bonds. The molecule has 34 heavy (non-hydrogen) atoms. The van der Waals surface area contributed by atoms with E-state index in [2.05, 4.69) is 70.3 Å². The molecule has 192 valence electrons. The minimum Gasteiger partial charge on any atom is -0.306 e. The Morgan fingerprint density at radius 2 is 1.59 bits per heavy atom. The molecule has 2 atom stereocenters. The summed E-state index contributed by atoms with van der Waals surface area (Å²) in [7, 11) is 1.22. The van der Waals surface area contributed by atoms with Gasteiger partial charge in [0.1, 0.15) is 11.0 Å². The maximum absolute atomic E-state index is 13.5. The molecule has 3 aliphatic rings. The quantitative estimate of drug-likeness (QED) is 0.360. The van der Waals surface area contributed by atoms with Crippen molar-refractivity contribution in [2.24, 2.45) is 0 Å². The maximum atomic E-state index is 13.5. The molecular formula is C27H46N4OS2. The summed E-state index contributed by atoms with van der Waals surface area (Å²) in [4.78, 5) is 6.26. The van der Waals surface area contributed by atoms with Gasteiger partial charge in [-0.2, -0.15) is 0 Å². The normalized spacial score (nSPS) is 25.2. The highest BCUT2D eigenvalue weighted by Crippen LogP contribution is 2.30. The summed E-state index contributed by atoms with van der Waals surface area (Å²) in [6.07, 6.45) is 8.75. The Hall–Kier alpha value is -0.440. The van der Waals surface area contributed by atoms with Gasteiger partial charge in [0, 0.05) is 50.6 Å². The van der Waals surface area contributed by atoms with Crippen LogP contribution in [0.5, 0.6) is 0 Å². The van der Waals surface area contributed by atoms with E-state index in [1.54, 1.807) is 0 Å². The van der Waals surface area contributed by atoms with Crippen molar-refractivity contribution in [1.82, 2.24) is 18.4 Å². The van der Waals surface area contributed by atoms with Gasteiger partial charge in [0.2, 0.25) is 0 Å². The molecule has 2 unspecified atom stereocenters. The van der Waals surface area contributed by atoms with Gasteiger partial charge in [-0.25, -0.2) is 12.8 Å². The smallest absolute Gasteiger partial charge is 0.128 e. The van der Waals surface area contributed by atoms with Crippen LogP contribution in [0.2, 0.25) is 0 Å². The van der Waals surface area contributed by atoms with Crippen molar-refractivity contribution in [3.63, 3.8) is 0 Å². The highest BCUT2D eigenvalue weighted by molar-refractivity contribution is 7.97. The van der Waals surface area contributed by atoms with Crippen molar-refractivity contribution in [3.8, 4) is 0 Å². The zero-order chi connectivity index (χ0) is 24.1. The van der Waals surface area contributed by atoms with Gasteiger partial charge in [-0.3, -0.25) is 4.90 Å². The lowest BCUT2D eigenvalue weighted by Crippen LogP contribution is -2.51. The topological polar surface area (TPSA) is 30.0 Å². The molecule has 0 saturated carbocycles. The number of benzene rings is 1. The first-order valence-electron chi connectivity index (χ1n) is 13.5. The Morgan fingerprint density at radius 1 is 0.912 bits per heavy atom. The Labute approximate surface area is 215 Å². The SMILES string of the molecule is Cc1cc(C)c(S(=O)N2CCCC2CCCCSN2CCN(C3CCN(C)CC3)CC2)c(C)c1. The van der Waals surface area contributed by atoms with Crippen molar-refractivity contribution in [3.05, 3.63) is 28.8 Å². The van der Waals surface area contributed by atoms with Crippen LogP contribution in [0.4, 0.5) is 0 Å². The van der Waals surface area contributed by atoms with Crippen LogP contribution < -0.4 is 0 Å². The minimum atomic E-state index is -1.03. The molecule has 3 fully saturated rings. The average Bonchev–Trinajstić information content (AvgIpc) is 3.28. The third-order valence-corrected chi connectivity index (χ3v) is 11.1. The standard InChI is InChI=1S/C27H46N4OS2/c1-22-20-23(2)27(24(3)21-22)34(32)31-12-7-9-26(31)8-5-6-19-33-30-17-15-29(16-18-30)25-10-13-28(4)14-11-25/h20-21,25-26H,5-19H2,1-4H3. The Balaban J connectivity index is 1.14. The lowest BCUT2D eigenvalue weighted by atomic mass is 10.0. The van der Waals surface area contributed by atoms with E-state index < -0.39 is 11.0 Å². The molecule has 0 spiro atoms. The number of piperazine rings is 1. The first-order valence-corrected chi connectivity index (χ1v) is 15.5. The Morgan fingerprint density at radius 3 is 2.26 bits per heavy atom. The fourth-order valence-corrected chi connectivity index (χ4v) is 8.80. The fraction of sp³-hybridized carbons (Fsp3) is 0.778. The molecule has 5 nitrogen and oxygen atoms in total. The molecule has 0 bridgehead atoms. The van der Waals surface area contributed by atoms with E-state index in [4.69, 9.17) is 0 Å². The summed E-state index contributed by atoms with van der Waals surface area (Å²) < 4.78 is 18.4. The number of hydrogen-bond acceptors (Lipinski definition) is 5. The molecule has 3 heterocycles. The van der Waals surface area contributed by atoms with Gasteiger partial charge >= 0.3 is 0 Å². The molecule has 4 rings (SSSR count). The largest absolute Gasteiger partial charge is 0.306 e. The second-order valence-electron chi connectivity index (χ2n) is 10.7. The molecule has 3 aliphatic heterocycles. The lowest BCUT2D eigenvalue weighted by molar-refractivity contribution is 0.0919. The molecule has 1 aromatic carbocycles. The predicted molar refractivity (Wildman–Crippen MR) is 147 cm³/mol. The van der Waals surface area contributed by atoms with Gasteiger partial charge in [0.05, 0.1) is 4.90 Å². The van der Waals surface area contributed by atoms with Crippen LogP contribution in [0, 0.1) is 20.8 Å². The highest BCUT2D eigenvalue weighted by Gasteiger charge is 2.31. The summed E-state index contributed by atoms with van der Waals surface area (Å²) in [6.45, 7) is 14.7. The maximum Gasteiger partial charge on any atom is 0.128 e. The van der Waals surface area contributed by atoms with Crippen molar-refractivity contribution in [2.45, 2.75) is 82.7 Å². The third-order valence-electron chi connectivity index (χ3n) is 8.00. The van der Waals surface area contributed by atoms with Crippen molar-refractivity contribution in [1.29, 1.82) is 0 Å². The van der Waals surface area contributed by atoms with Gasteiger partial charge in [-0.15, -0.1) is 0 Å². The minimum absolute atomic E-state index is 0.476. The van der Waals surface area contributed by atoms with E-state index in [-0.39, 0.29) is 0 Å². The lowest BCUT2D eigenvalue weighted by Gasteiger charge is -2.41. The predicted octanol–water partition coefficient (Wildman–Crippen LogP) is 4.63. The average molecular weight is 507 g/mol. The molecule has 0 N–H and O–H groups in total. The van der Waals surface area contributed by atoms with Crippen LogP contribution >= 0.6 is 11.9 Å². The number of nitrogens with zero attached hydrogens (tertiary/aromatic N) is 4. The van der Waals surface area contributed by atoms with Crippen LogP contribution in [0.3, 0.4) is 0 Å². The van der Waals surface area contributed by atoms with Crippen LogP contribution in [0.25, 0.3) is 0 Å². The Bertz CT molecular complexity index is 796. The van der Waals surface area contributed by atoms with Crippen LogP contribution in [-0.4, -0.2) is 93.3 Å². The van der Waals surface area contributed by atoms with E-state index in [9.17, 15) is 4.21 Å². The summed E-state index contributed by atoms with van der Waals surface area (Å²) in [5, 5.41) is 0. The van der Waals surface area contributed by atoms with E-state index >= 15 is 0 Å². The zero-order valence-electron chi connectivity index (χ0n) is 21.9. The summed E-state index contributed by atoms with van der Waals surface area (Å²) >= 11 is 2.06. The first-order chi connectivity index (χ1) is 16.4. The number of aryl methyl sites for hydroxylation is 3. The Kier molecular flexibility index (Phi) is 9.93. The molecule has 0 aliphatic carbocycles. The van der Waals surface area contributed by atoms with Gasteiger partial charge in [-0.05, 0) is 90.6 Å². The van der Waals surface area contributed by atoms with Gasteiger partial charge in [-0.1, -0.05) is 36.1 Å². The van der Waals surface area contributed by atoms with Crippen LogP contribution in [0.15, 0.2) is 17.0 Å². The summed E-state index contributed by atoms with van der Waals surface area (Å²) in [6, 6.07) is 5.64. The van der Waals surface area contributed by atoms with E-state index in [1.165, 1.54) is 107 Å². The highest BCUT2D eigenvalue weighted by atomic mass is 32.2. The van der Waals surface area contributed by atoms with Crippen molar-refractivity contribution >= 4 is 22.9 Å². The number of unbranched alkanes of at least 4 members (excludes halogenated alkanes) is 1. The number of likely N-dealkylation sites (tertiary alicyclic amines) is 1. The number of piperidine rings is 1. The number of hydrogen-bond donors (Lipinski definition) is 0. The molecule has 1 aromatic rings. The van der Waals surface area contributed by atoms with Gasteiger partial charge < -0.3 is 4.90 Å². The van der Waals surface area contributed by atoms with E-state index in [0.29, 0.717) is 6.04 Å². The summed E-state index contributed by atoms with van der Waals surface area (Å²) in [5.74, 6) is 1.22. The second kappa shape index (κ2) is 12.7. The van der Waals surface area contributed by atoms with Gasteiger partial charge in [0.15, 0.2) is 0 Å². The first kappa shape index (κ1) is 26.6. The molecular weight excluding hydrogens is 460 g/mol. The summed E-state index contributed by atoms with van der Waals surface area (Å²) in [5.41, 5.74) is 3.61. The number of rotatable bonds is 9. The van der Waals surface area contributed by atoms with Crippen molar-refractivity contribution in [2.75, 3.05) is 58.6 Å². The van der Waals surface area contributed by atoms with E-state index in [0.717, 1.165) is 17.5 Å². The molecule has 0 radical (unpaired) electrons. The van der Waals surface area contributed by atoms with Crippen LogP contribution in [-0.2, 0) is 11.0 Å². The second-order valence-corrected chi connectivity index (χ2v) is 13.3. The molecule has 0 aromatic heterocycles. The fourth-order valence-electron chi connectivity index (χ4n) is 6.11. The third kappa shape index (κ3) is 6.86. The molecule has 3 saturated heterocycles.